The fraction of sp³-hybridized carbons (Fsp3) is 0.545. The van der Waals surface area contributed by atoms with Crippen LogP contribution in [0.1, 0.15) is 57.6 Å². The molecule has 6 nitrogen and oxygen atoms in total. The molecule has 0 aliphatic rings. The fourth-order valence-corrected chi connectivity index (χ4v) is 3.63. The molecule has 0 spiro atoms. The van der Waals surface area contributed by atoms with E-state index in [-0.39, 0.29) is 5.04 Å². The number of nitrogens with zero attached hydrogens (tertiary/aromatic N) is 1. The van der Waals surface area contributed by atoms with Crippen LogP contribution in [0.5, 0.6) is 0 Å². The van der Waals surface area contributed by atoms with E-state index < -0.39 is 20.0 Å². The van der Waals surface area contributed by atoms with Gasteiger partial charge >= 0.3 is 6.09 Å². The number of hydrogen-bond donors (Lipinski definition) is 1. The highest BCUT2D eigenvalue weighted by molar-refractivity contribution is 6.74. The number of carbonyl (C=O) groups excluding carboxylic acids is 2. The monoisotopic (exact) mass is 418 g/mol. The van der Waals surface area contributed by atoms with Gasteiger partial charge in [0, 0.05) is 23.7 Å². The number of hydrogen-bond acceptors (Lipinski definition) is 4. The quantitative estimate of drug-likeness (QED) is 0.488. The number of carbonyl (C=O) groups is 2. The Labute approximate surface area is 174 Å². The average molecular weight is 419 g/mol. The van der Waals surface area contributed by atoms with Crippen molar-refractivity contribution in [2.24, 2.45) is 7.05 Å². The van der Waals surface area contributed by atoms with Crippen molar-refractivity contribution in [3.05, 3.63) is 29.5 Å². The minimum absolute atomic E-state index is 0.132. The van der Waals surface area contributed by atoms with Gasteiger partial charge in [-0.25, -0.2) is 4.79 Å². The van der Waals surface area contributed by atoms with Crippen LogP contribution in [0, 0.1) is 0 Å². The molecular formula is C22H34N2O4Si. The average Bonchev–Trinajstić information content (AvgIpc) is 2.85. The smallest absolute Gasteiger partial charge is 0.412 e. The number of fused-ring (bicyclic) bond motifs is 1. The van der Waals surface area contributed by atoms with Crippen LogP contribution in [-0.4, -0.2) is 30.9 Å². The zero-order valence-electron chi connectivity index (χ0n) is 19.1. The molecule has 7 heteroatoms. The zero-order chi connectivity index (χ0) is 22.2. The Morgan fingerprint density at radius 1 is 1.14 bits per heavy atom. The molecule has 0 radical (unpaired) electrons. The summed E-state index contributed by atoms with van der Waals surface area (Å²) in [6.45, 7) is 17.0. The molecule has 1 amide bonds. The van der Waals surface area contributed by atoms with Crippen LogP contribution in [0.25, 0.3) is 10.9 Å². The van der Waals surface area contributed by atoms with E-state index in [9.17, 15) is 9.59 Å². The number of ether oxygens (including phenoxy) is 1. The van der Waals surface area contributed by atoms with Crippen molar-refractivity contribution < 1.29 is 18.8 Å². The van der Waals surface area contributed by atoms with Gasteiger partial charge in [0.15, 0.2) is 14.6 Å². The minimum Gasteiger partial charge on any atom is -0.444 e. The number of aldehydes is 1. The molecule has 1 aromatic heterocycles. The van der Waals surface area contributed by atoms with Gasteiger partial charge in [-0.1, -0.05) is 20.8 Å². The van der Waals surface area contributed by atoms with Gasteiger partial charge in [-0.3, -0.25) is 10.1 Å². The third kappa shape index (κ3) is 5.48. The van der Waals surface area contributed by atoms with Gasteiger partial charge < -0.3 is 13.7 Å². The molecule has 0 unspecified atom stereocenters. The Morgan fingerprint density at radius 2 is 1.76 bits per heavy atom. The van der Waals surface area contributed by atoms with Crippen LogP contribution < -0.4 is 5.32 Å². The summed E-state index contributed by atoms with van der Waals surface area (Å²) in [5.41, 5.74) is 2.16. The largest absolute Gasteiger partial charge is 0.444 e. The maximum absolute atomic E-state index is 12.2. The number of rotatable bonds is 5. The van der Waals surface area contributed by atoms with Gasteiger partial charge in [-0.15, -0.1) is 0 Å². The van der Waals surface area contributed by atoms with Gasteiger partial charge in [0.25, 0.3) is 0 Å². The Kier molecular flexibility index (Phi) is 6.35. The molecule has 0 aliphatic carbocycles. The predicted molar refractivity (Wildman–Crippen MR) is 120 cm³/mol. The van der Waals surface area contributed by atoms with Crippen molar-refractivity contribution in [3.63, 3.8) is 0 Å². The lowest BCUT2D eigenvalue weighted by Gasteiger charge is -2.36. The molecule has 0 saturated heterocycles. The third-order valence-corrected chi connectivity index (χ3v) is 9.94. The first-order valence-corrected chi connectivity index (χ1v) is 12.8. The summed E-state index contributed by atoms with van der Waals surface area (Å²) < 4.78 is 13.7. The number of anilines is 1. The lowest BCUT2D eigenvalue weighted by molar-refractivity contribution is 0.0636. The molecule has 1 heterocycles. The van der Waals surface area contributed by atoms with Crippen LogP contribution in [0.3, 0.4) is 0 Å². The van der Waals surface area contributed by atoms with Crippen molar-refractivity contribution in [2.45, 2.75) is 71.9 Å². The van der Waals surface area contributed by atoms with E-state index in [0.717, 1.165) is 22.9 Å². The molecule has 0 atom stereocenters. The Balaban J connectivity index is 2.34. The number of benzene rings is 1. The predicted octanol–water partition coefficient (Wildman–Crippen LogP) is 5.86. The maximum Gasteiger partial charge on any atom is 0.412 e. The van der Waals surface area contributed by atoms with E-state index in [1.54, 1.807) is 32.9 Å². The normalized spacial score (nSPS) is 12.9. The highest BCUT2D eigenvalue weighted by Crippen LogP contribution is 2.37. The lowest BCUT2D eigenvalue weighted by Crippen LogP contribution is -2.40. The minimum atomic E-state index is -1.88. The Bertz CT molecular complexity index is 918. The topological polar surface area (TPSA) is 69.6 Å². The summed E-state index contributed by atoms with van der Waals surface area (Å²) in [5.74, 6) is 0. The van der Waals surface area contributed by atoms with Crippen LogP contribution in [-0.2, 0) is 22.8 Å². The molecule has 0 fully saturated rings. The van der Waals surface area contributed by atoms with Crippen molar-refractivity contribution in [1.29, 1.82) is 0 Å². The fourth-order valence-electron chi connectivity index (χ4n) is 2.69. The van der Waals surface area contributed by atoms with E-state index in [2.05, 4.69) is 39.2 Å². The Hall–Kier alpha value is -2.12. The second kappa shape index (κ2) is 7.95. The first kappa shape index (κ1) is 23.2. The first-order valence-electron chi connectivity index (χ1n) is 9.86. The number of aryl methyl sites for hydroxylation is 1. The summed E-state index contributed by atoms with van der Waals surface area (Å²) in [6.07, 6.45) is 0.154. The first-order chi connectivity index (χ1) is 13.1. The molecule has 1 N–H and O–H groups in total. The molecule has 2 aromatic rings. The number of aromatic nitrogens is 1. The second-order valence-electron chi connectivity index (χ2n) is 9.99. The van der Waals surface area contributed by atoms with Crippen LogP contribution in [0.15, 0.2) is 18.2 Å². The summed E-state index contributed by atoms with van der Waals surface area (Å²) in [7, 11) is 0.0868. The molecule has 1 aromatic carbocycles. The Morgan fingerprint density at radius 3 is 2.28 bits per heavy atom. The van der Waals surface area contributed by atoms with Gasteiger partial charge in [0.2, 0.25) is 0 Å². The summed E-state index contributed by atoms with van der Waals surface area (Å²) in [5, 5.41) is 3.75. The van der Waals surface area contributed by atoms with E-state index in [0.29, 0.717) is 17.9 Å². The van der Waals surface area contributed by atoms with E-state index >= 15 is 0 Å². The van der Waals surface area contributed by atoms with Crippen molar-refractivity contribution >= 4 is 37.3 Å². The maximum atomic E-state index is 12.2. The molecule has 2 rings (SSSR count). The number of nitrogens with one attached hydrogen (secondary N) is 1. The van der Waals surface area contributed by atoms with E-state index in [4.69, 9.17) is 9.16 Å². The van der Waals surface area contributed by atoms with Crippen LogP contribution in [0.4, 0.5) is 10.5 Å². The van der Waals surface area contributed by atoms with Crippen molar-refractivity contribution in [1.82, 2.24) is 4.57 Å². The van der Waals surface area contributed by atoms with Gasteiger partial charge in [-0.05, 0) is 57.1 Å². The third-order valence-electron chi connectivity index (χ3n) is 5.46. The molecule has 0 saturated carbocycles. The standard InChI is InChI=1S/C22H34N2O4Si/c1-21(2,3)28-20(26)23-18-12-19-15(10-16(18)13-25)11-17(24(19)7)14-27-29(8,9)22(4,5)6/h10-13H,14H2,1-9H3,(H,23,26). The molecule has 29 heavy (non-hydrogen) atoms. The SMILES string of the molecule is Cn1c(CO[Si](C)(C)C(C)(C)C)cc2cc(C=O)c(NC(=O)OC(C)(C)C)cc21. The lowest BCUT2D eigenvalue weighted by atomic mass is 10.1. The molecular weight excluding hydrogens is 384 g/mol. The highest BCUT2D eigenvalue weighted by Gasteiger charge is 2.37. The van der Waals surface area contributed by atoms with Crippen LogP contribution >= 0.6 is 0 Å². The molecule has 160 valence electrons. The van der Waals surface area contributed by atoms with Gasteiger partial charge in [-0.2, -0.15) is 0 Å². The van der Waals surface area contributed by atoms with Gasteiger partial charge in [0.05, 0.1) is 17.8 Å². The van der Waals surface area contributed by atoms with Crippen LogP contribution in [0.2, 0.25) is 18.1 Å². The summed E-state index contributed by atoms with van der Waals surface area (Å²) in [6, 6.07) is 5.62. The highest BCUT2D eigenvalue weighted by atomic mass is 28.4. The van der Waals surface area contributed by atoms with Crippen molar-refractivity contribution in [2.75, 3.05) is 5.32 Å². The zero-order valence-corrected chi connectivity index (χ0v) is 20.1. The number of amides is 1. The van der Waals surface area contributed by atoms with Gasteiger partial charge in [0.1, 0.15) is 5.60 Å². The molecule has 0 bridgehead atoms. The second-order valence-corrected chi connectivity index (χ2v) is 14.8. The molecule has 0 aliphatic heterocycles. The van der Waals surface area contributed by atoms with Crippen molar-refractivity contribution in [3.8, 4) is 0 Å². The van der Waals surface area contributed by atoms with E-state index in [1.807, 2.05) is 17.7 Å². The summed E-state index contributed by atoms with van der Waals surface area (Å²) >= 11 is 0. The van der Waals surface area contributed by atoms with E-state index in [1.165, 1.54) is 0 Å². The summed E-state index contributed by atoms with van der Waals surface area (Å²) in [4.78, 5) is 23.7.